The number of hydrogen-bond acceptors (Lipinski definition) is 4. The summed E-state index contributed by atoms with van der Waals surface area (Å²) >= 11 is 0. The maximum Gasteiger partial charge on any atom is 0.324 e. The summed E-state index contributed by atoms with van der Waals surface area (Å²) in [6.07, 6.45) is 0. The Hall–Kier alpha value is -1.44. The van der Waals surface area contributed by atoms with E-state index in [1.54, 1.807) is 6.07 Å². The molecule has 7 heteroatoms. The summed E-state index contributed by atoms with van der Waals surface area (Å²) in [7, 11) is -3.98. The molecule has 3 N–H and O–H groups in total. The monoisotopic (exact) mass is 273 g/mol. The van der Waals surface area contributed by atoms with Gasteiger partial charge in [0.25, 0.3) is 0 Å². The zero-order chi connectivity index (χ0) is 14.0. The van der Waals surface area contributed by atoms with Crippen molar-refractivity contribution >= 4 is 16.0 Å². The molecular weight excluding hydrogens is 258 g/mol. The second kappa shape index (κ2) is 5.05. The van der Waals surface area contributed by atoms with Crippen LogP contribution in [0.3, 0.4) is 0 Å². The van der Waals surface area contributed by atoms with Gasteiger partial charge in [0.15, 0.2) is 0 Å². The van der Waals surface area contributed by atoms with Crippen molar-refractivity contribution in [1.82, 2.24) is 4.72 Å². The van der Waals surface area contributed by atoms with Crippen molar-refractivity contribution in [3.63, 3.8) is 0 Å². The van der Waals surface area contributed by atoms with Crippen LogP contribution in [0.4, 0.5) is 0 Å². The van der Waals surface area contributed by atoms with Gasteiger partial charge in [-0.2, -0.15) is 4.72 Å². The molecule has 1 rings (SSSR count). The van der Waals surface area contributed by atoms with Gasteiger partial charge in [-0.15, -0.1) is 0 Å². The zero-order valence-electron chi connectivity index (χ0n) is 9.99. The highest BCUT2D eigenvalue weighted by Crippen LogP contribution is 2.14. The number of carboxylic acids is 1. The first-order valence-electron chi connectivity index (χ1n) is 5.17. The Balaban J connectivity index is 3.06. The normalized spacial score (nSPS) is 14.2. The fourth-order valence-corrected chi connectivity index (χ4v) is 2.67. The minimum Gasteiger partial charge on any atom is -0.480 e. The summed E-state index contributed by atoms with van der Waals surface area (Å²) in [4.78, 5) is 10.9. The molecule has 0 fully saturated rings. The third-order valence-electron chi connectivity index (χ3n) is 2.28. The van der Waals surface area contributed by atoms with Crippen LogP contribution in [0.5, 0.6) is 0 Å². The molecule has 18 heavy (non-hydrogen) atoms. The first-order valence-corrected chi connectivity index (χ1v) is 6.65. The number of aliphatic carboxylic acids is 1. The van der Waals surface area contributed by atoms with Crippen LogP contribution in [0.1, 0.15) is 13.8 Å². The van der Waals surface area contributed by atoms with Crippen molar-refractivity contribution in [1.29, 1.82) is 0 Å². The number of carboxylic acid groups (broad SMARTS) is 1. The van der Waals surface area contributed by atoms with Crippen LogP contribution in [0.25, 0.3) is 0 Å². The van der Waals surface area contributed by atoms with Gasteiger partial charge in [-0.3, -0.25) is 4.79 Å². The maximum absolute atomic E-state index is 11.9. The van der Waals surface area contributed by atoms with Gasteiger partial charge in [0, 0.05) is 0 Å². The van der Waals surface area contributed by atoms with Crippen LogP contribution in [-0.4, -0.2) is 36.2 Å². The van der Waals surface area contributed by atoms with Crippen LogP contribution in [0.15, 0.2) is 35.2 Å². The van der Waals surface area contributed by atoms with Crippen molar-refractivity contribution < 1.29 is 23.4 Å². The second-order valence-corrected chi connectivity index (χ2v) is 6.07. The number of aliphatic hydroxyl groups is 1. The molecule has 0 spiro atoms. The average molecular weight is 273 g/mol. The highest BCUT2D eigenvalue weighted by molar-refractivity contribution is 7.89. The summed E-state index contributed by atoms with van der Waals surface area (Å²) in [6, 6.07) is 5.74. The van der Waals surface area contributed by atoms with Crippen molar-refractivity contribution in [2.45, 2.75) is 30.4 Å². The number of carbonyl (C=O) groups is 1. The lowest BCUT2D eigenvalue weighted by Gasteiger charge is -2.26. The molecule has 0 saturated heterocycles. The molecule has 1 atom stereocenters. The number of rotatable bonds is 5. The maximum atomic E-state index is 11.9. The second-order valence-electron chi connectivity index (χ2n) is 4.36. The number of benzene rings is 1. The molecule has 0 heterocycles. The first-order chi connectivity index (χ1) is 8.14. The van der Waals surface area contributed by atoms with Gasteiger partial charge in [0.2, 0.25) is 10.0 Å². The van der Waals surface area contributed by atoms with Crippen LogP contribution in [0.2, 0.25) is 0 Å². The number of hydrogen-bond donors (Lipinski definition) is 3. The Morgan fingerprint density at radius 3 is 2.17 bits per heavy atom. The van der Waals surface area contributed by atoms with Crippen molar-refractivity contribution in [3.8, 4) is 0 Å². The van der Waals surface area contributed by atoms with E-state index in [1.807, 2.05) is 4.72 Å². The summed E-state index contributed by atoms with van der Waals surface area (Å²) < 4.78 is 25.8. The van der Waals surface area contributed by atoms with Crippen LogP contribution >= 0.6 is 0 Å². The summed E-state index contributed by atoms with van der Waals surface area (Å²) in [5.41, 5.74) is -1.71. The van der Waals surface area contributed by atoms with E-state index in [2.05, 4.69) is 0 Å². The Morgan fingerprint density at radius 2 is 1.78 bits per heavy atom. The van der Waals surface area contributed by atoms with Gasteiger partial charge >= 0.3 is 5.97 Å². The van der Waals surface area contributed by atoms with Gasteiger partial charge in [-0.25, -0.2) is 8.42 Å². The lowest BCUT2D eigenvalue weighted by Crippen LogP contribution is -2.53. The van der Waals surface area contributed by atoms with Gasteiger partial charge in [0.05, 0.1) is 10.5 Å². The number of nitrogens with one attached hydrogen (secondary N) is 1. The fourth-order valence-electron chi connectivity index (χ4n) is 1.32. The van der Waals surface area contributed by atoms with Crippen molar-refractivity contribution in [2.75, 3.05) is 0 Å². The molecule has 0 aliphatic heterocycles. The lowest BCUT2D eigenvalue weighted by molar-refractivity contribution is -0.144. The lowest BCUT2D eigenvalue weighted by atomic mass is 10.0. The molecule has 1 aromatic rings. The molecule has 0 aliphatic carbocycles. The van der Waals surface area contributed by atoms with E-state index in [1.165, 1.54) is 38.1 Å². The average Bonchev–Trinajstić information content (AvgIpc) is 2.25. The predicted molar refractivity (Wildman–Crippen MR) is 64.5 cm³/mol. The van der Waals surface area contributed by atoms with Crippen molar-refractivity contribution in [3.05, 3.63) is 30.3 Å². The topological polar surface area (TPSA) is 104 Å². The molecule has 0 amide bonds. The molecule has 0 bridgehead atoms. The standard InChI is InChI=1S/C11H15NO5S/c1-11(2,15)9(10(13)14)12-18(16,17)8-6-4-3-5-7-8/h3-7,9,12,15H,1-2H3,(H,13,14). The highest BCUT2D eigenvalue weighted by atomic mass is 32.2. The van der Waals surface area contributed by atoms with E-state index in [9.17, 15) is 18.3 Å². The van der Waals surface area contributed by atoms with E-state index in [4.69, 9.17) is 5.11 Å². The Labute approximate surface area is 105 Å². The Kier molecular flexibility index (Phi) is 4.10. The number of sulfonamides is 1. The summed E-state index contributed by atoms with van der Waals surface area (Å²) in [6.45, 7) is 2.44. The summed E-state index contributed by atoms with van der Waals surface area (Å²) in [5.74, 6) is -1.44. The van der Waals surface area contributed by atoms with Crippen LogP contribution in [-0.2, 0) is 14.8 Å². The summed E-state index contributed by atoms with van der Waals surface area (Å²) in [5, 5.41) is 18.6. The van der Waals surface area contributed by atoms with E-state index >= 15 is 0 Å². The SMILES string of the molecule is CC(C)(O)C(NS(=O)(=O)c1ccccc1)C(=O)O. The van der Waals surface area contributed by atoms with Gasteiger partial charge < -0.3 is 10.2 Å². The molecule has 1 aromatic carbocycles. The first kappa shape index (κ1) is 14.6. The quantitative estimate of drug-likeness (QED) is 0.710. The van der Waals surface area contributed by atoms with E-state index in [0.717, 1.165) is 0 Å². The van der Waals surface area contributed by atoms with Gasteiger partial charge in [-0.05, 0) is 26.0 Å². The highest BCUT2D eigenvalue weighted by Gasteiger charge is 2.37. The molecule has 1 unspecified atom stereocenters. The molecular formula is C11H15NO5S. The van der Waals surface area contributed by atoms with E-state index in [-0.39, 0.29) is 4.90 Å². The minimum absolute atomic E-state index is 0.0551. The minimum atomic E-state index is -3.98. The van der Waals surface area contributed by atoms with Crippen LogP contribution < -0.4 is 4.72 Å². The molecule has 6 nitrogen and oxygen atoms in total. The molecule has 0 aliphatic rings. The predicted octanol–water partition coefficient (Wildman–Crippen LogP) is 0.189. The molecule has 0 aromatic heterocycles. The zero-order valence-corrected chi connectivity index (χ0v) is 10.8. The van der Waals surface area contributed by atoms with Gasteiger partial charge in [-0.1, -0.05) is 18.2 Å². The van der Waals surface area contributed by atoms with E-state index < -0.39 is 27.6 Å². The van der Waals surface area contributed by atoms with E-state index in [0.29, 0.717) is 0 Å². The third-order valence-corrected chi connectivity index (χ3v) is 3.72. The largest absolute Gasteiger partial charge is 0.480 e. The molecule has 0 saturated carbocycles. The van der Waals surface area contributed by atoms with Crippen molar-refractivity contribution in [2.24, 2.45) is 0 Å². The Morgan fingerprint density at radius 1 is 1.28 bits per heavy atom. The Bertz CT molecular complexity index is 518. The molecule has 0 radical (unpaired) electrons. The third kappa shape index (κ3) is 3.52. The fraction of sp³-hybridized carbons (Fsp3) is 0.364. The molecule has 100 valence electrons. The van der Waals surface area contributed by atoms with Gasteiger partial charge in [0.1, 0.15) is 6.04 Å². The van der Waals surface area contributed by atoms with Crippen LogP contribution in [0, 0.1) is 0 Å². The smallest absolute Gasteiger partial charge is 0.324 e.